The molecule has 2 aromatic rings. The Kier molecular flexibility index (Phi) is 2.04. The number of benzene rings is 1. The number of aromatic nitrogens is 1. The van der Waals surface area contributed by atoms with Crippen LogP contribution in [0.3, 0.4) is 0 Å². The van der Waals surface area contributed by atoms with E-state index in [1.807, 2.05) is 25.1 Å². The molecule has 4 heteroatoms. The maximum absolute atomic E-state index is 11.5. The van der Waals surface area contributed by atoms with Crippen LogP contribution in [0.1, 0.15) is 15.9 Å². The topological polar surface area (TPSA) is 75.9 Å². The highest BCUT2D eigenvalue weighted by Gasteiger charge is 2.17. The van der Waals surface area contributed by atoms with E-state index in [-0.39, 0.29) is 0 Å². The number of aromatic amines is 1. The molecule has 0 atom stereocenters. The van der Waals surface area contributed by atoms with E-state index in [4.69, 9.17) is 5.73 Å². The fourth-order valence-corrected chi connectivity index (χ4v) is 1.68. The summed E-state index contributed by atoms with van der Waals surface area (Å²) < 4.78 is 0. The van der Waals surface area contributed by atoms with Crippen LogP contribution in [-0.4, -0.2) is 16.7 Å². The van der Waals surface area contributed by atoms with Crippen LogP contribution in [0.15, 0.2) is 24.4 Å². The molecule has 3 N–H and O–H groups in total. The first-order valence-electron chi connectivity index (χ1n) is 4.52. The van der Waals surface area contributed by atoms with Gasteiger partial charge in [-0.05, 0) is 18.6 Å². The second-order valence-electron chi connectivity index (χ2n) is 3.39. The lowest BCUT2D eigenvalue weighted by Crippen LogP contribution is -2.22. The van der Waals surface area contributed by atoms with Crippen LogP contribution in [0.5, 0.6) is 0 Å². The summed E-state index contributed by atoms with van der Waals surface area (Å²) in [6, 6.07) is 5.61. The van der Waals surface area contributed by atoms with Crippen molar-refractivity contribution in [3.05, 3.63) is 35.5 Å². The van der Waals surface area contributed by atoms with Gasteiger partial charge >= 0.3 is 0 Å². The number of aryl methyl sites for hydroxylation is 1. The van der Waals surface area contributed by atoms with E-state index in [2.05, 4.69) is 4.98 Å². The van der Waals surface area contributed by atoms with Gasteiger partial charge in [-0.25, -0.2) is 0 Å². The molecule has 0 spiro atoms. The Labute approximate surface area is 86.1 Å². The first-order chi connectivity index (χ1) is 7.11. The van der Waals surface area contributed by atoms with Crippen LogP contribution in [0.2, 0.25) is 0 Å². The molecule has 76 valence electrons. The van der Waals surface area contributed by atoms with E-state index in [0.29, 0.717) is 5.56 Å². The van der Waals surface area contributed by atoms with Gasteiger partial charge in [0.2, 0.25) is 0 Å². The Balaban J connectivity index is 2.73. The van der Waals surface area contributed by atoms with Crippen molar-refractivity contribution in [3.8, 4) is 0 Å². The lowest BCUT2D eigenvalue weighted by Gasteiger charge is -1.98. The summed E-state index contributed by atoms with van der Waals surface area (Å²) >= 11 is 0. The van der Waals surface area contributed by atoms with Crippen LogP contribution in [0.25, 0.3) is 10.9 Å². The Morgan fingerprint density at radius 1 is 1.33 bits per heavy atom. The van der Waals surface area contributed by atoms with Gasteiger partial charge < -0.3 is 10.7 Å². The van der Waals surface area contributed by atoms with Crippen LogP contribution in [0, 0.1) is 6.92 Å². The first-order valence-corrected chi connectivity index (χ1v) is 4.52. The Morgan fingerprint density at radius 2 is 2.07 bits per heavy atom. The van der Waals surface area contributed by atoms with E-state index in [0.717, 1.165) is 16.5 Å². The van der Waals surface area contributed by atoms with Crippen molar-refractivity contribution in [1.82, 2.24) is 4.98 Å². The van der Waals surface area contributed by atoms with E-state index in [9.17, 15) is 9.59 Å². The van der Waals surface area contributed by atoms with Crippen LogP contribution < -0.4 is 5.73 Å². The van der Waals surface area contributed by atoms with Crippen molar-refractivity contribution in [1.29, 1.82) is 0 Å². The summed E-state index contributed by atoms with van der Waals surface area (Å²) in [6.07, 6.45) is 1.52. The first kappa shape index (κ1) is 9.45. The number of nitrogens with one attached hydrogen (secondary N) is 1. The van der Waals surface area contributed by atoms with Crippen LogP contribution in [-0.2, 0) is 4.79 Å². The predicted octanol–water partition coefficient (Wildman–Crippen LogP) is 1.14. The van der Waals surface area contributed by atoms with E-state index in [1.54, 1.807) is 0 Å². The van der Waals surface area contributed by atoms with Gasteiger partial charge in [-0.15, -0.1) is 0 Å². The second kappa shape index (κ2) is 3.24. The Bertz CT molecular complexity index is 555. The average Bonchev–Trinajstić information content (AvgIpc) is 2.61. The normalized spacial score (nSPS) is 10.5. The summed E-state index contributed by atoms with van der Waals surface area (Å²) in [5, 5.41) is 0.765. The number of primary amides is 1. The predicted molar refractivity (Wildman–Crippen MR) is 56.6 cm³/mol. The third-order valence-electron chi connectivity index (χ3n) is 2.38. The van der Waals surface area contributed by atoms with Gasteiger partial charge in [0.15, 0.2) is 0 Å². The number of H-pyrrole nitrogens is 1. The number of nitrogens with two attached hydrogens (primary N) is 1. The molecule has 0 fully saturated rings. The molecule has 0 saturated heterocycles. The van der Waals surface area contributed by atoms with Crippen LogP contribution >= 0.6 is 0 Å². The second-order valence-corrected chi connectivity index (χ2v) is 3.39. The molecule has 1 aromatic carbocycles. The molecule has 0 bridgehead atoms. The van der Waals surface area contributed by atoms with E-state index < -0.39 is 11.7 Å². The maximum Gasteiger partial charge on any atom is 0.289 e. The summed E-state index contributed by atoms with van der Waals surface area (Å²) in [7, 11) is 0. The molecule has 0 aliphatic heterocycles. The quantitative estimate of drug-likeness (QED) is 0.566. The van der Waals surface area contributed by atoms with E-state index in [1.165, 1.54) is 6.20 Å². The van der Waals surface area contributed by atoms with Gasteiger partial charge in [-0.2, -0.15) is 0 Å². The molecule has 2 rings (SSSR count). The monoisotopic (exact) mass is 202 g/mol. The summed E-state index contributed by atoms with van der Waals surface area (Å²) in [6.45, 7) is 1.88. The van der Waals surface area contributed by atoms with Crippen LogP contribution in [0.4, 0.5) is 0 Å². The number of rotatable bonds is 2. The summed E-state index contributed by atoms with van der Waals surface area (Å²) in [4.78, 5) is 25.2. The number of carbonyl (C=O) groups is 2. The fraction of sp³-hybridized carbons (Fsp3) is 0.0909. The molecule has 0 aliphatic rings. The average molecular weight is 202 g/mol. The highest BCUT2D eigenvalue weighted by atomic mass is 16.2. The SMILES string of the molecule is Cc1cccc2[nH]cc(C(=O)C(N)=O)c12. The third kappa shape index (κ3) is 1.40. The number of ketones is 1. The summed E-state index contributed by atoms with van der Waals surface area (Å²) in [5.41, 5.74) is 7.08. The molecule has 0 unspecified atom stereocenters. The number of carbonyl (C=O) groups excluding carboxylic acids is 2. The van der Waals surface area contributed by atoms with Gasteiger partial charge in [-0.3, -0.25) is 9.59 Å². The van der Waals surface area contributed by atoms with Gasteiger partial charge in [-0.1, -0.05) is 12.1 Å². The molecule has 0 saturated carbocycles. The molecular formula is C11H10N2O2. The molecule has 15 heavy (non-hydrogen) atoms. The van der Waals surface area contributed by atoms with Crippen molar-refractivity contribution in [2.45, 2.75) is 6.92 Å². The van der Waals surface area contributed by atoms with Gasteiger partial charge in [0.25, 0.3) is 11.7 Å². The minimum atomic E-state index is -0.931. The zero-order chi connectivity index (χ0) is 11.0. The van der Waals surface area contributed by atoms with Gasteiger partial charge in [0.1, 0.15) is 0 Å². The van der Waals surface area contributed by atoms with E-state index >= 15 is 0 Å². The standard InChI is InChI=1S/C11H10N2O2/c1-6-3-2-4-8-9(6)7(5-13-8)10(14)11(12)15/h2-5,13H,1H3,(H2,12,15). The van der Waals surface area contributed by atoms with Crippen molar-refractivity contribution in [3.63, 3.8) is 0 Å². The zero-order valence-electron chi connectivity index (χ0n) is 8.20. The number of fused-ring (bicyclic) bond motifs is 1. The summed E-state index contributed by atoms with van der Waals surface area (Å²) in [5.74, 6) is -1.59. The molecule has 0 aliphatic carbocycles. The fourth-order valence-electron chi connectivity index (χ4n) is 1.68. The molecular weight excluding hydrogens is 192 g/mol. The van der Waals surface area contributed by atoms with Crippen molar-refractivity contribution in [2.24, 2.45) is 5.73 Å². The van der Waals surface area contributed by atoms with Gasteiger partial charge in [0.05, 0.1) is 5.56 Å². The van der Waals surface area contributed by atoms with Crippen molar-refractivity contribution in [2.75, 3.05) is 0 Å². The van der Waals surface area contributed by atoms with Gasteiger partial charge in [0, 0.05) is 17.1 Å². The van der Waals surface area contributed by atoms with Crippen molar-refractivity contribution >= 4 is 22.6 Å². The zero-order valence-corrected chi connectivity index (χ0v) is 8.20. The maximum atomic E-state index is 11.5. The molecule has 0 radical (unpaired) electrons. The largest absolute Gasteiger partial charge is 0.363 e. The number of Topliss-reactive ketones (excluding diaryl/α,β-unsaturated/α-hetero) is 1. The van der Waals surface area contributed by atoms with Crippen molar-refractivity contribution < 1.29 is 9.59 Å². The Hall–Kier alpha value is -2.10. The minimum Gasteiger partial charge on any atom is -0.363 e. The lowest BCUT2D eigenvalue weighted by molar-refractivity contribution is -0.114. The number of amides is 1. The molecule has 4 nitrogen and oxygen atoms in total. The molecule has 1 heterocycles. The highest BCUT2D eigenvalue weighted by molar-refractivity contribution is 6.44. The highest BCUT2D eigenvalue weighted by Crippen LogP contribution is 2.22. The lowest BCUT2D eigenvalue weighted by atomic mass is 10.0. The molecule has 1 amide bonds. The molecule has 1 aromatic heterocycles. The minimum absolute atomic E-state index is 0.343. The number of hydrogen-bond donors (Lipinski definition) is 2. The Morgan fingerprint density at radius 3 is 2.73 bits per heavy atom. The third-order valence-corrected chi connectivity index (χ3v) is 2.38. The smallest absolute Gasteiger partial charge is 0.289 e. The number of hydrogen-bond acceptors (Lipinski definition) is 2.